The fraction of sp³-hybridized carbons (Fsp3) is 0.379. The van der Waals surface area contributed by atoms with E-state index in [9.17, 15) is 13.6 Å². The first-order valence-electron chi connectivity index (χ1n) is 13.4. The standard InChI is InChI=1S/C29H32F2N8O2/c1-29(2,3)41-28(40)38-13-11-37(12-14-38)26-7-6-20(16-34-26)15-25-33-10-8-23(35-25)22-18-39(19-24(30)31)36-27(22)21-5-4-9-32-17-21/h4-10,16-18,24H,11-15,19H2,1-3H3. The van der Waals surface area contributed by atoms with Crippen molar-refractivity contribution in [2.75, 3.05) is 31.1 Å². The van der Waals surface area contributed by atoms with Gasteiger partial charge in [-0.2, -0.15) is 5.10 Å². The zero-order chi connectivity index (χ0) is 29.0. The molecule has 5 heterocycles. The molecule has 0 aromatic carbocycles. The summed E-state index contributed by atoms with van der Waals surface area (Å²) in [5.74, 6) is 1.40. The predicted molar refractivity (Wildman–Crippen MR) is 150 cm³/mol. The Balaban J connectivity index is 1.27. The number of alkyl halides is 2. The maximum absolute atomic E-state index is 13.1. The quantitative estimate of drug-likeness (QED) is 0.319. The van der Waals surface area contributed by atoms with E-state index >= 15 is 0 Å². The first-order valence-corrected chi connectivity index (χ1v) is 13.4. The van der Waals surface area contributed by atoms with Crippen LogP contribution < -0.4 is 4.90 Å². The van der Waals surface area contributed by atoms with Crippen molar-refractivity contribution in [2.24, 2.45) is 0 Å². The zero-order valence-corrected chi connectivity index (χ0v) is 23.2. The van der Waals surface area contributed by atoms with E-state index in [2.05, 4.69) is 25.0 Å². The summed E-state index contributed by atoms with van der Waals surface area (Å²) in [6.45, 7) is 7.51. The summed E-state index contributed by atoms with van der Waals surface area (Å²) in [6.07, 6.45) is 5.94. The van der Waals surface area contributed by atoms with Gasteiger partial charge < -0.3 is 14.5 Å². The Morgan fingerprint density at radius 3 is 2.49 bits per heavy atom. The molecule has 0 N–H and O–H groups in total. The first kappa shape index (κ1) is 28.1. The van der Waals surface area contributed by atoms with E-state index in [1.165, 1.54) is 4.68 Å². The molecule has 12 heteroatoms. The van der Waals surface area contributed by atoms with Crippen LogP contribution in [0.3, 0.4) is 0 Å². The van der Waals surface area contributed by atoms with Crippen molar-refractivity contribution in [3.8, 4) is 22.5 Å². The molecule has 4 aromatic heterocycles. The molecular weight excluding hydrogens is 530 g/mol. The molecule has 0 spiro atoms. The van der Waals surface area contributed by atoms with Crippen LogP contribution in [-0.4, -0.2) is 78.9 Å². The van der Waals surface area contributed by atoms with E-state index in [1.54, 1.807) is 48.0 Å². The highest BCUT2D eigenvalue weighted by atomic mass is 19.3. The molecule has 0 unspecified atom stereocenters. The van der Waals surface area contributed by atoms with Gasteiger partial charge in [0.15, 0.2) is 0 Å². The maximum Gasteiger partial charge on any atom is 0.410 e. The van der Waals surface area contributed by atoms with Gasteiger partial charge in [-0.05, 0) is 50.6 Å². The van der Waals surface area contributed by atoms with E-state index in [0.717, 1.165) is 11.4 Å². The van der Waals surface area contributed by atoms with Crippen LogP contribution in [-0.2, 0) is 17.7 Å². The van der Waals surface area contributed by atoms with Crippen LogP contribution in [0.25, 0.3) is 22.5 Å². The Hall–Kier alpha value is -4.48. The molecular formula is C29H32F2N8O2. The molecule has 1 amide bonds. The highest BCUT2D eigenvalue weighted by Gasteiger charge is 2.26. The van der Waals surface area contributed by atoms with Crippen molar-refractivity contribution in [1.82, 2.24) is 34.6 Å². The SMILES string of the molecule is CC(C)(C)OC(=O)N1CCN(c2ccc(Cc3nccc(-c4cn(CC(F)F)nc4-c4cccnc4)n3)cn2)CC1. The molecule has 1 fully saturated rings. The number of pyridine rings is 2. The summed E-state index contributed by atoms with van der Waals surface area (Å²) >= 11 is 0. The smallest absolute Gasteiger partial charge is 0.410 e. The Labute approximate surface area is 237 Å². The Morgan fingerprint density at radius 2 is 1.83 bits per heavy atom. The summed E-state index contributed by atoms with van der Waals surface area (Å²) in [7, 11) is 0. The number of hydrogen-bond acceptors (Lipinski definition) is 8. The number of halogens is 2. The molecule has 5 rings (SSSR count). The van der Waals surface area contributed by atoms with Gasteiger partial charge >= 0.3 is 6.09 Å². The van der Waals surface area contributed by atoms with Crippen molar-refractivity contribution < 1.29 is 18.3 Å². The minimum absolute atomic E-state index is 0.295. The molecule has 0 atom stereocenters. The zero-order valence-electron chi connectivity index (χ0n) is 23.2. The van der Waals surface area contributed by atoms with E-state index < -0.39 is 18.6 Å². The second-order valence-electron chi connectivity index (χ2n) is 10.8. The summed E-state index contributed by atoms with van der Waals surface area (Å²) in [6, 6.07) is 9.29. The molecule has 0 bridgehead atoms. The van der Waals surface area contributed by atoms with Gasteiger partial charge in [-0.15, -0.1) is 0 Å². The van der Waals surface area contributed by atoms with Gasteiger partial charge in [-0.25, -0.2) is 28.5 Å². The number of nitrogens with zero attached hydrogens (tertiary/aromatic N) is 8. The van der Waals surface area contributed by atoms with Gasteiger partial charge in [-0.1, -0.05) is 6.07 Å². The molecule has 0 saturated carbocycles. The molecule has 0 radical (unpaired) electrons. The fourth-order valence-corrected chi connectivity index (χ4v) is 4.53. The van der Waals surface area contributed by atoms with E-state index in [0.29, 0.717) is 60.9 Å². The van der Waals surface area contributed by atoms with Crippen molar-refractivity contribution in [1.29, 1.82) is 0 Å². The van der Waals surface area contributed by atoms with E-state index in [1.807, 2.05) is 39.0 Å². The number of aromatic nitrogens is 6. The average molecular weight is 563 g/mol. The number of ether oxygens (including phenoxy) is 1. The molecule has 1 saturated heterocycles. The Bertz CT molecular complexity index is 1460. The topological polar surface area (TPSA) is 102 Å². The van der Waals surface area contributed by atoms with Gasteiger partial charge in [0.25, 0.3) is 6.43 Å². The van der Waals surface area contributed by atoms with E-state index in [-0.39, 0.29) is 6.09 Å². The second kappa shape index (κ2) is 11.9. The highest BCUT2D eigenvalue weighted by Crippen LogP contribution is 2.30. The number of hydrogen-bond donors (Lipinski definition) is 0. The van der Waals surface area contributed by atoms with Crippen LogP contribution in [0.4, 0.5) is 19.4 Å². The normalized spacial score (nSPS) is 14.0. The van der Waals surface area contributed by atoms with Crippen LogP contribution in [0.5, 0.6) is 0 Å². The number of carbonyl (C=O) groups is 1. The summed E-state index contributed by atoms with van der Waals surface area (Å²) < 4.78 is 32.9. The Morgan fingerprint density at radius 1 is 1.02 bits per heavy atom. The van der Waals surface area contributed by atoms with Gasteiger partial charge in [0.05, 0.1) is 5.69 Å². The molecule has 1 aliphatic rings. The van der Waals surface area contributed by atoms with Gasteiger partial charge in [-0.3, -0.25) is 9.67 Å². The predicted octanol–water partition coefficient (Wildman–Crippen LogP) is 4.71. The molecule has 10 nitrogen and oxygen atoms in total. The number of piperazine rings is 1. The average Bonchev–Trinajstić information content (AvgIpc) is 3.36. The monoisotopic (exact) mass is 562 g/mol. The van der Waals surface area contributed by atoms with Crippen LogP contribution in [0.2, 0.25) is 0 Å². The fourth-order valence-electron chi connectivity index (χ4n) is 4.53. The van der Waals surface area contributed by atoms with Gasteiger partial charge in [0, 0.05) is 74.7 Å². The number of rotatable bonds is 7. The number of anilines is 1. The molecule has 214 valence electrons. The maximum atomic E-state index is 13.1. The highest BCUT2D eigenvalue weighted by molar-refractivity contribution is 5.78. The van der Waals surface area contributed by atoms with Crippen molar-refractivity contribution in [2.45, 2.75) is 45.8 Å². The lowest BCUT2D eigenvalue weighted by Gasteiger charge is -2.36. The molecule has 4 aromatic rings. The lowest BCUT2D eigenvalue weighted by atomic mass is 10.1. The second-order valence-corrected chi connectivity index (χ2v) is 10.8. The lowest BCUT2D eigenvalue weighted by molar-refractivity contribution is 0.0240. The third-order valence-electron chi connectivity index (χ3n) is 6.43. The molecule has 41 heavy (non-hydrogen) atoms. The third kappa shape index (κ3) is 7.19. The van der Waals surface area contributed by atoms with Crippen LogP contribution >= 0.6 is 0 Å². The Kier molecular flexibility index (Phi) is 8.18. The lowest BCUT2D eigenvalue weighted by Crippen LogP contribution is -2.50. The number of amides is 1. The van der Waals surface area contributed by atoms with Crippen LogP contribution in [0.1, 0.15) is 32.2 Å². The van der Waals surface area contributed by atoms with E-state index in [4.69, 9.17) is 9.72 Å². The molecule has 1 aliphatic heterocycles. The van der Waals surface area contributed by atoms with Crippen molar-refractivity contribution >= 4 is 11.9 Å². The summed E-state index contributed by atoms with van der Waals surface area (Å²) in [5.41, 5.74) is 2.86. The third-order valence-corrected chi connectivity index (χ3v) is 6.43. The van der Waals surface area contributed by atoms with Crippen molar-refractivity contribution in [3.63, 3.8) is 0 Å². The summed E-state index contributed by atoms with van der Waals surface area (Å²) in [4.78, 5) is 34.1. The minimum Gasteiger partial charge on any atom is -0.444 e. The van der Waals surface area contributed by atoms with Crippen molar-refractivity contribution in [3.05, 3.63) is 72.7 Å². The minimum atomic E-state index is -2.53. The summed E-state index contributed by atoms with van der Waals surface area (Å²) in [5, 5.41) is 4.39. The van der Waals surface area contributed by atoms with Gasteiger partial charge in [0.2, 0.25) is 0 Å². The van der Waals surface area contributed by atoms with Crippen LogP contribution in [0, 0.1) is 0 Å². The van der Waals surface area contributed by atoms with Crippen LogP contribution in [0.15, 0.2) is 61.3 Å². The van der Waals surface area contributed by atoms with Gasteiger partial charge in [0.1, 0.15) is 29.5 Å². The molecule has 0 aliphatic carbocycles. The largest absolute Gasteiger partial charge is 0.444 e. The first-order chi connectivity index (χ1) is 19.6. The number of carbonyl (C=O) groups excluding carboxylic acids is 1.